The molecule has 1 fully saturated rings. The Kier molecular flexibility index (Phi) is 5.84. The third-order valence-corrected chi connectivity index (χ3v) is 5.39. The summed E-state index contributed by atoms with van der Waals surface area (Å²) < 4.78 is 18.3. The predicted molar refractivity (Wildman–Crippen MR) is 110 cm³/mol. The van der Waals surface area contributed by atoms with Crippen molar-refractivity contribution >= 4 is 17.0 Å². The van der Waals surface area contributed by atoms with Gasteiger partial charge in [-0.05, 0) is 51.5 Å². The van der Waals surface area contributed by atoms with Crippen molar-refractivity contribution < 1.29 is 19.0 Å². The summed E-state index contributed by atoms with van der Waals surface area (Å²) in [4.78, 5) is 15.0. The van der Waals surface area contributed by atoms with Crippen LogP contribution in [0.15, 0.2) is 24.3 Å². The molecule has 0 aliphatic carbocycles. The largest absolute Gasteiger partial charge is 0.443 e. The number of benzene rings is 1. The Morgan fingerprint density at radius 3 is 2.32 bits per heavy atom. The Bertz CT molecular complexity index is 836. The topological polar surface area (TPSA) is 52.9 Å². The number of aromatic nitrogens is 1. The fraction of sp³-hybridized carbons (Fsp3) is 0.591. The Balaban J connectivity index is 1.75. The van der Waals surface area contributed by atoms with Gasteiger partial charge in [-0.2, -0.15) is 0 Å². The maximum absolute atomic E-state index is 12.6. The van der Waals surface area contributed by atoms with Gasteiger partial charge in [0.05, 0.1) is 5.52 Å². The lowest BCUT2D eigenvalue weighted by atomic mass is 10.0. The maximum atomic E-state index is 12.6. The highest BCUT2D eigenvalue weighted by Crippen LogP contribution is 2.28. The van der Waals surface area contributed by atoms with Crippen molar-refractivity contribution in [2.24, 2.45) is 0 Å². The average molecular weight is 389 g/mol. The molecular weight excluding hydrogens is 356 g/mol. The highest BCUT2D eigenvalue weighted by molar-refractivity contribution is 5.91. The van der Waals surface area contributed by atoms with Gasteiger partial charge in [-0.3, -0.25) is 4.90 Å². The fourth-order valence-electron chi connectivity index (χ4n) is 3.85. The molecule has 1 saturated heterocycles. The molecule has 1 aromatic heterocycles. The second kappa shape index (κ2) is 7.85. The number of fused-ring (bicyclic) bond motifs is 1. The molecule has 0 saturated carbocycles. The van der Waals surface area contributed by atoms with E-state index in [2.05, 4.69) is 17.0 Å². The van der Waals surface area contributed by atoms with Crippen LogP contribution in [-0.2, 0) is 20.8 Å². The summed E-state index contributed by atoms with van der Waals surface area (Å²) in [5.74, 6) is -0.442. The van der Waals surface area contributed by atoms with Crippen LogP contribution in [0.5, 0.6) is 0 Å². The SMILES string of the molecule is COC1(OC)CCN(Cc2ccc3c(c2)cc(C)n3C(=O)OC(C)(C)C)CC1. The van der Waals surface area contributed by atoms with Crippen molar-refractivity contribution in [3.63, 3.8) is 0 Å². The van der Waals surface area contributed by atoms with Gasteiger partial charge in [0.1, 0.15) is 5.60 Å². The maximum Gasteiger partial charge on any atom is 0.419 e. The van der Waals surface area contributed by atoms with E-state index >= 15 is 0 Å². The van der Waals surface area contributed by atoms with Gasteiger partial charge in [-0.15, -0.1) is 0 Å². The molecule has 0 atom stereocenters. The third kappa shape index (κ3) is 4.40. The molecule has 6 nitrogen and oxygen atoms in total. The van der Waals surface area contributed by atoms with E-state index in [0.717, 1.165) is 49.1 Å². The molecule has 1 aliphatic rings. The fourth-order valence-corrected chi connectivity index (χ4v) is 3.85. The zero-order chi connectivity index (χ0) is 20.5. The molecule has 1 aromatic carbocycles. The first-order valence-corrected chi connectivity index (χ1v) is 9.83. The molecule has 28 heavy (non-hydrogen) atoms. The minimum absolute atomic E-state index is 0.334. The average Bonchev–Trinajstić information content (AvgIpc) is 2.96. The number of aryl methyl sites for hydroxylation is 1. The van der Waals surface area contributed by atoms with Crippen molar-refractivity contribution in [2.45, 2.75) is 58.5 Å². The standard InChI is InChI=1S/C22H32N2O4/c1-16-13-18-14-17(15-23-11-9-22(26-5,27-6)10-12-23)7-8-19(18)24(16)20(25)28-21(2,3)4/h7-8,13-14H,9-12,15H2,1-6H3. The molecule has 6 heteroatoms. The molecule has 0 radical (unpaired) electrons. The van der Waals surface area contributed by atoms with Crippen LogP contribution in [0.3, 0.4) is 0 Å². The number of ether oxygens (including phenoxy) is 3. The zero-order valence-electron chi connectivity index (χ0n) is 17.9. The van der Waals surface area contributed by atoms with Gasteiger partial charge in [-0.25, -0.2) is 9.36 Å². The number of likely N-dealkylation sites (tertiary alicyclic amines) is 1. The minimum atomic E-state index is -0.520. The zero-order valence-corrected chi connectivity index (χ0v) is 17.9. The Morgan fingerprint density at radius 2 is 1.75 bits per heavy atom. The quantitative estimate of drug-likeness (QED) is 0.730. The summed E-state index contributed by atoms with van der Waals surface area (Å²) in [5, 5.41) is 1.06. The van der Waals surface area contributed by atoms with E-state index in [0.29, 0.717) is 0 Å². The van der Waals surface area contributed by atoms with Crippen LogP contribution in [0.4, 0.5) is 4.79 Å². The number of nitrogens with zero attached hydrogens (tertiary/aromatic N) is 2. The van der Waals surface area contributed by atoms with Gasteiger partial charge < -0.3 is 14.2 Å². The minimum Gasteiger partial charge on any atom is -0.443 e. The number of hydrogen-bond acceptors (Lipinski definition) is 5. The van der Waals surface area contributed by atoms with Gasteiger partial charge in [-0.1, -0.05) is 6.07 Å². The second-order valence-corrected chi connectivity index (χ2v) is 8.59. The smallest absolute Gasteiger partial charge is 0.419 e. The second-order valence-electron chi connectivity index (χ2n) is 8.59. The van der Waals surface area contributed by atoms with Gasteiger partial charge >= 0.3 is 6.09 Å². The predicted octanol–water partition coefficient (Wildman–Crippen LogP) is 4.32. The Hall–Kier alpha value is -1.89. The lowest BCUT2D eigenvalue weighted by Gasteiger charge is -2.39. The van der Waals surface area contributed by atoms with Crippen molar-refractivity contribution in [3.05, 3.63) is 35.5 Å². The molecule has 3 rings (SSSR count). The van der Waals surface area contributed by atoms with Crippen LogP contribution >= 0.6 is 0 Å². The molecule has 0 bridgehead atoms. The summed E-state index contributed by atoms with van der Waals surface area (Å²) in [6.45, 7) is 10.3. The number of piperidine rings is 1. The van der Waals surface area contributed by atoms with Gasteiger partial charge in [0.25, 0.3) is 0 Å². The first-order valence-electron chi connectivity index (χ1n) is 9.83. The Labute approximate surface area is 167 Å². The van der Waals surface area contributed by atoms with E-state index in [1.165, 1.54) is 5.56 Å². The van der Waals surface area contributed by atoms with E-state index < -0.39 is 11.4 Å². The summed E-state index contributed by atoms with van der Waals surface area (Å²) in [6.07, 6.45) is 1.38. The van der Waals surface area contributed by atoms with Gasteiger partial charge in [0.2, 0.25) is 0 Å². The van der Waals surface area contributed by atoms with Crippen LogP contribution in [0.1, 0.15) is 44.9 Å². The molecule has 0 unspecified atom stereocenters. The first-order chi connectivity index (χ1) is 13.2. The van der Waals surface area contributed by atoms with E-state index in [-0.39, 0.29) is 6.09 Å². The third-order valence-electron chi connectivity index (χ3n) is 5.39. The van der Waals surface area contributed by atoms with Crippen LogP contribution in [0, 0.1) is 6.92 Å². The van der Waals surface area contributed by atoms with Crippen molar-refractivity contribution in [1.29, 1.82) is 0 Å². The Morgan fingerprint density at radius 1 is 1.11 bits per heavy atom. The van der Waals surface area contributed by atoms with Crippen LogP contribution in [0.2, 0.25) is 0 Å². The number of rotatable bonds is 4. The lowest BCUT2D eigenvalue weighted by molar-refractivity contribution is -0.229. The van der Waals surface area contributed by atoms with Crippen molar-refractivity contribution in [2.75, 3.05) is 27.3 Å². The van der Waals surface area contributed by atoms with Crippen molar-refractivity contribution in [1.82, 2.24) is 9.47 Å². The lowest BCUT2D eigenvalue weighted by Crippen LogP contribution is -2.46. The normalized spacial score (nSPS) is 17.8. The van der Waals surface area contributed by atoms with E-state index in [9.17, 15) is 4.79 Å². The molecule has 154 valence electrons. The summed E-state index contributed by atoms with van der Waals surface area (Å²) in [6, 6.07) is 8.31. The molecule has 2 heterocycles. The molecule has 0 spiro atoms. The molecule has 0 amide bonds. The van der Waals surface area contributed by atoms with Gasteiger partial charge in [0, 0.05) is 57.8 Å². The summed E-state index contributed by atoms with van der Waals surface area (Å²) in [5.41, 5.74) is 2.47. The van der Waals surface area contributed by atoms with E-state index in [1.807, 2.05) is 39.8 Å². The highest BCUT2D eigenvalue weighted by atomic mass is 16.7. The monoisotopic (exact) mass is 388 g/mol. The van der Waals surface area contributed by atoms with E-state index in [1.54, 1.807) is 18.8 Å². The highest BCUT2D eigenvalue weighted by Gasteiger charge is 2.34. The number of carbonyl (C=O) groups is 1. The first kappa shape index (κ1) is 20.8. The van der Waals surface area contributed by atoms with E-state index in [4.69, 9.17) is 14.2 Å². The number of carbonyl (C=O) groups excluding carboxylic acids is 1. The summed E-state index contributed by atoms with van der Waals surface area (Å²) >= 11 is 0. The number of methoxy groups -OCH3 is 2. The summed E-state index contributed by atoms with van der Waals surface area (Å²) in [7, 11) is 3.43. The van der Waals surface area contributed by atoms with Crippen molar-refractivity contribution in [3.8, 4) is 0 Å². The van der Waals surface area contributed by atoms with Gasteiger partial charge in [0.15, 0.2) is 5.79 Å². The van der Waals surface area contributed by atoms with Crippen LogP contribution < -0.4 is 0 Å². The number of hydrogen-bond donors (Lipinski definition) is 0. The molecule has 2 aromatic rings. The molecule has 1 aliphatic heterocycles. The van der Waals surface area contributed by atoms with Crippen LogP contribution in [0.25, 0.3) is 10.9 Å². The molecule has 0 N–H and O–H groups in total. The van der Waals surface area contributed by atoms with Crippen LogP contribution in [-0.4, -0.2) is 54.3 Å². The molecular formula is C22H32N2O4.